The predicted octanol–water partition coefficient (Wildman–Crippen LogP) is 1.54. The van der Waals surface area contributed by atoms with Crippen molar-refractivity contribution < 1.29 is 18.9 Å². The standard InChI is InChI=1S/C11H22O4S/c1-2-9-16-11-10-14-6-5-12-3-4-13-7-8-15-11/h11H,2-10H2,1H3. The molecule has 1 heterocycles. The monoisotopic (exact) mass is 250 g/mol. The molecule has 0 aromatic carbocycles. The molecule has 1 rings (SSSR count). The van der Waals surface area contributed by atoms with Gasteiger partial charge in [-0.3, -0.25) is 0 Å². The Balaban J connectivity index is 2.19. The van der Waals surface area contributed by atoms with Crippen LogP contribution in [0.2, 0.25) is 0 Å². The summed E-state index contributed by atoms with van der Waals surface area (Å²) in [6.45, 7) is 6.60. The number of ether oxygens (including phenoxy) is 4. The summed E-state index contributed by atoms with van der Waals surface area (Å²) in [6, 6.07) is 0. The van der Waals surface area contributed by atoms with Crippen LogP contribution in [0.15, 0.2) is 0 Å². The van der Waals surface area contributed by atoms with Crippen molar-refractivity contribution in [3.05, 3.63) is 0 Å². The van der Waals surface area contributed by atoms with E-state index in [-0.39, 0.29) is 5.44 Å². The molecular formula is C11H22O4S. The smallest absolute Gasteiger partial charge is 0.126 e. The van der Waals surface area contributed by atoms with Gasteiger partial charge in [-0.15, -0.1) is 11.8 Å². The van der Waals surface area contributed by atoms with Gasteiger partial charge in [-0.05, 0) is 12.2 Å². The molecular weight excluding hydrogens is 228 g/mol. The van der Waals surface area contributed by atoms with Gasteiger partial charge in [0.05, 0.1) is 46.2 Å². The van der Waals surface area contributed by atoms with Crippen LogP contribution in [0.25, 0.3) is 0 Å². The largest absolute Gasteiger partial charge is 0.377 e. The number of hydrogen-bond donors (Lipinski definition) is 0. The molecule has 1 unspecified atom stereocenters. The highest BCUT2D eigenvalue weighted by Gasteiger charge is 2.10. The lowest BCUT2D eigenvalue weighted by Crippen LogP contribution is -2.22. The minimum Gasteiger partial charge on any atom is -0.377 e. The molecule has 5 heteroatoms. The van der Waals surface area contributed by atoms with Gasteiger partial charge in [0.25, 0.3) is 0 Å². The molecule has 0 radical (unpaired) electrons. The first kappa shape index (κ1) is 14.3. The second kappa shape index (κ2) is 10.4. The van der Waals surface area contributed by atoms with Crippen molar-refractivity contribution in [3.63, 3.8) is 0 Å². The third-order valence-corrected chi connectivity index (χ3v) is 3.33. The minimum absolute atomic E-state index is 0.128. The van der Waals surface area contributed by atoms with Crippen molar-refractivity contribution in [1.29, 1.82) is 0 Å². The molecule has 1 atom stereocenters. The summed E-state index contributed by atoms with van der Waals surface area (Å²) in [5.41, 5.74) is 0.128. The van der Waals surface area contributed by atoms with Gasteiger partial charge in [0.2, 0.25) is 0 Å². The lowest BCUT2D eigenvalue weighted by molar-refractivity contribution is -0.0421. The van der Waals surface area contributed by atoms with E-state index in [9.17, 15) is 0 Å². The Morgan fingerprint density at radius 2 is 1.56 bits per heavy atom. The molecule has 0 amide bonds. The van der Waals surface area contributed by atoms with Gasteiger partial charge >= 0.3 is 0 Å². The lowest BCUT2D eigenvalue weighted by atomic mass is 10.6. The van der Waals surface area contributed by atoms with Crippen LogP contribution >= 0.6 is 11.8 Å². The van der Waals surface area contributed by atoms with Crippen molar-refractivity contribution in [2.45, 2.75) is 18.8 Å². The molecule has 0 aromatic rings. The Bertz CT molecular complexity index is 145. The molecule has 0 aromatic heterocycles. The molecule has 0 saturated carbocycles. The van der Waals surface area contributed by atoms with E-state index in [4.69, 9.17) is 18.9 Å². The van der Waals surface area contributed by atoms with E-state index in [0.29, 0.717) is 46.2 Å². The third-order valence-electron chi connectivity index (χ3n) is 2.04. The fraction of sp³-hybridized carbons (Fsp3) is 1.00. The van der Waals surface area contributed by atoms with Crippen LogP contribution < -0.4 is 0 Å². The average molecular weight is 250 g/mol. The van der Waals surface area contributed by atoms with Crippen LogP contribution in [-0.2, 0) is 18.9 Å². The van der Waals surface area contributed by atoms with Crippen LogP contribution in [0.4, 0.5) is 0 Å². The zero-order valence-electron chi connectivity index (χ0n) is 9.98. The molecule has 0 bridgehead atoms. The fourth-order valence-electron chi connectivity index (χ4n) is 1.25. The van der Waals surface area contributed by atoms with E-state index in [0.717, 1.165) is 12.2 Å². The van der Waals surface area contributed by atoms with Gasteiger partial charge in [-0.2, -0.15) is 0 Å². The molecule has 16 heavy (non-hydrogen) atoms. The van der Waals surface area contributed by atoms with Gasteiger partial charge in [0, 0.05) is 0 Å². The molecule has 0 aliphatic carbocycles. The van der Waals surface area contributed by atoms with Gasteiger partial charge in [-0.25, -0.2) is 0 Å². The van der Waals surface area contributed by atoms with E-state index in [2.05, 4.69) is 6.92 Å². The van der Waals surface area contributed by atoms with Gasteiger partial charge in [-0.1, -0.05) is 6.92 Å². The second-order valence-electron chi connectivity index (χ2n) is 3.47. The average Bonchev–Trinajstić information content (AvgIpc) is 2.28. The van der Waals surface area contributed by atoms with Crippen molar-refractivity contribution >= 4 is 11.8 Å². The highest BCUT2D eigenvalue weighted by Crippen LogP contribution is 2.14. The van der Waals surface area contributed by atoms with Crippen LogP contribution in [0.3, 0.4) is 0 Å². The third kappa shape index (κ3) is 7.46. The summed E-state index contributed by atoms with van der Waals surface area (Å²) in [5.74, 6) is 1.10. The number of rotatable bonds is 3. The molecule has 4 nitrogen and oxygen atoms in total. The Kier molecular flexibility index (Phi) is 9.22. The van der Waals surface area contributed by atoms with E-state index in [1.807, 2.05) is 0 Å². The van der Waals surface area contributed by atoms with E-state index in [1.165, 1.54) is 0 Å². The summed E-state index contributed by atoms with van der Waals surface area (Å²) >= 11 is 1.80. The summed E-state index contributed by atoms with van der Waals surface area (Å²) < 4.78 is 21.9. The molecule has 1 aliphatic rings. The molecule has 1 aliphatic heterocycles. The summed E-state index contributed by atoms with van der Waals surface area (Å²) in [6.07, 6.45) is 1.16. The zero-order valence-corrected chi connectivity index (χ0v) is 10.8. The van der Waals surface area contributed by atoms with E-state index < -0.39 is 0 Å². The summed E-state index contributed by atoms with van der Waals surface area (Å²) in [5, 5.41) is 0. The van der Waals surface area contributed by atoms with Crippen LogP contribution in [0.5, 0.6) is 0 Å². The van der Waals surface area contributed by atoms with Crippen molar-refractivity contribution in [3.8, 4) is 0 Å². The van der Waals surface area contributed by atoms with Gasteiger partial charge < -0.3 is 18.9 Å². The Hall–Kier alpha value is 0.190. The quantitative estimate of drug-likeness (QED) is 0.759. The first-order valence-corrected chi connectivity index (χ1v) is 6.94. The Morgan fingerprint density at radius 3 is 2.25 bits per heavy atom. The van der Waals surface area contributed by atoms with E-state index >= 15 is 0 Å². The zero-order chi connectivity index (χ0) is 11.5. The lowest BCUT2D eigenvalue weighted by Gasteiger charge is -2.18. The summed E-state index contributed by atoms with van der Waals surface area (Å²) in [7, 11) is 0. The van der Waals surface area contributed by atoms with Crippen molar-refractivity contribution in [1.82, 2.24) is 0 Å². The molecule has 0 N–H and O–H groups in total. The molecule has 0 spiro atoms. The van der Waals surface area contributed by atoms with E-state index in [1.54, 1.807) is 11.8 Å². The molecule has 96 valence electrons. The molecule has 1 fully saturated rings. The first-order chi connectivity index (χ1) is 7.93. The fourth-order valence-corrected chi connectivity index (χ4v) is 2.13. The Labute approximate surface area is 102 Å². The maximum atomic E-state index is 5.69. The van der Waals surface area contributed by atoms with Gasteiger partial charge in [0.1, 0.15) is 5.44 Å². The molecule has 1 saturated heterocycles. The maximum Gasteiger partial charge on any atom is 0.126 e. The van der Waals surface area contributed by atoms with Crippen molar-refractivity contribution in [2.24, 2.45) is 0 Å². The minimum atomic E-state index is 0.128. The van der Waals surface area contributed by atoms with Crippen molar-refractivity contribution in [2.75, 3.05) is 52.0 Å². The first-order valence-electron chi connectivity index (χ1n) is 5.90. The van der Waals surface area contributed by atoms with Crippen LogP contribution in [0.1, 0.15) is 13.3 Å². The highest BCUT2D eigenvalue weighted by molar-refractivity contribution is 7.99. The van der Waals surface area contributed by atoms with Crippen LogP contribution in [0, 0.1) is 0 Å². The number of thioether (sulfide) groups is 1. The number of hydrogen-bond acceptors (Lipinski definition) is 5. The Morgan fingerprint density at radius 1 is 0.938 bits per heavy atom. The predicted molar refractivity (Wildman–Crippen MR) is 64.9 cm³/mol. The normalized spacial score (nSPS) is 25.7. The topological polar surface area (TPSA) is 36.9 Å². The van der Waals surface area contributed by atoms with Crippen LogP contribution in [-0.4, -0.2) is 57.4 Å². The second-order valence-corrected chi connectivity index (χ2v) is 4.74. The SMILES string of the molecule is CCCSC1COCCOCCOCCO1. The highest BCUT2D eigenvalue weighted by atomic mass is 32.2. The van der Waals surface area contributed by atoms with Gasteiger partial charge in [0.15, 0.2) is 0 Å². The summed E-state index contributed by atoms with van der Waals surface area (Å²) in [4.78, 5) is 0. The maximum absolute atomic E-state index is 5.69.